The molecule has 196 valence electrons. The molecule has 0 atom stereocenters. The Bertz CT molecular complexity index is 1030. The van der Waals surface area contributed by atoms with Crippen LogP contribution in [-0.4, -0.2) is 6.61 Å². The second-order valence-corrected chi connectivity index (χ2v) is 10.7. The van der Waals surface area contributed by atoms with E-state index < -0.39 is 23.3 Å². The molecule has 2 aromatic rings. The van der Waals surface area contributed by atoms with Crippen molar-refractivity contribution in [1.82, 2.24) is 0 Å². The van der Waals surface area contributed by atoms with E-state index in [-0.39, 0.29) is 29.4 Å². The first-order chi connectivity index (χ1) is 17.4. The summed E-state index contributed by atoms with van der Waals surface area (Å²) in [5, 5.41) is 0. The average Bonchev–Trinajstić information content (AvgIpc) is 2.91. The fourth-order valence-electron chi connectivity index (χ4n) is 6.35. The van der Waals surface area contributed by atoms with E-state index in [4.69, 9.17) is 4.74 Å². The lowest BCUT2D eigenvalue weighted by molar-refractivity contribution is 0.156. The van der Waals surface area contributed by atoms with Gasteiger partial charge in [0.2, 0.25) is 5.82 Å². The molecule has 5 heteroatoms. The number of benzene rings is 2. The van der Waals surface area contributed by atoms with Gasteiger partial charge in [-0.2, -0.15) is 4.39 Å². The van der Waals surface area contributed by atoms with Crippen LogP contribution in [0.25, 0.3) is 11.1 Å². The van der Waals surface area contributed by atoms with Gasteiger partial charge in [0.1, 0.15) is 0 Å². The van der Waals surface area contributed by atoms with Gasteiger partial charge >= 0.3 is 0 Å². The van der Waals surface area contributed by atoms with Crippen LogP contribution in [0.1, 0.15) is 89.0 Å². The molecule has 0 radical (unpaired) electrons. The average molecular weight is 503 g/mol. The lowest BCUT2D eigenvalue weighted by atomic mass is 9.68. The van der Waals surface area contributed by atoms with E-state index in [1.807, 2.05) is 13.0 Å². The summed E-state index contributed by atoms with van der Waals surface area (Å²) in [7, 11) is 0. The molecule has 0 aliphatic heterocycles. The normalized spacial score (nSPS) is 24.5. The topological polar surface area (TPSA) is 9.23 Å². The third-order valence-electron chi connectivity index (χ3n) is 8.46. The van der Waals surface area contributed by atoms with Gasteiger partial charge in [0.05, 0.1) is 6.61 Å². The smallest absolute Gasteiger partial charge is 0.201 e. The van der Waals surface area contributed by atoms with Gasteiger partial charge in [-0.3, -0.25) is 0 Å². The van der Waals surface area contributed by atoms with Crippen LogP contribution < -0.4 is 4.74 Å². The van der Waals surface area contributed by atoms with E-state index in [0.29, 0.717) is 17.9 Å². The van der Waals surface area contributed by atoms with Crippen molar-refractivity contribution in [1.29, 1.82) is 0 Å². The number of hydrogen-bond donors (Lipinski definition) is 0. The Balaban J connectivity index is 1.41. The Kier molecular flexibility index (Phi) is 9.14. The molecule has 2 aliphatic rings. The third-order valence-corrected chi connectivity index (χ3v) is 8.46. The molecule has 2 saturated carbocycles. The van der Waals surface area contributed by atoms with Crippen molar-refractivity contribution < 1.29 is 22.3 Å². The Morgan fingerprint density at radius 1 is 0.778 bits per heavy atom. The SMILES string of the molecule is C=CCCC1CCC(C2CCC(c3ccc(-c4ccc(OCCC)c(F)c4F)c(F)c3F)CC2)CC1. The minimum atomic E-state index is -1.23. The molecule has 4 rings (SSSR count). The van der Waals surface area contributed by atoms with E-state index in [9.17, 15) is 8.78 Å². The van der Waals surface area contributed by atoms with Gasteiger partial charge in [-0.05, 0) is 99.2 Å². The van der Waals surface area contributed by atoms with Crippen LogP contribution in [0.4, 0.5) is 17.6 Å². The van der Waals surface area contributed by atoms with Crippen molar-refractivity contribution in [3.63, 3.8) is 0 Å². The Hall–Kier alpha value is -2.30. The summed E-state index contributed by atoms with van der Waals surface area (Å²) >= 11 is 0. The molecular formula is C31H38F4O. The molecule has 2 aliphatic carbocycles. The lowest BCUT2D eigenvalue weighted by Gasteiger charge is -2.38. The lowest BCUT2D eigenvalue weighted by Crippen LogP contribution is -2.25. The van der Waals surface area contributed by atoms with Crippen molar-refractivity contribution in [3.8, 4) is 16.9 Å². The fourth-order valence-corrected chi connectivity index (χ4v) is 6.35. The van der Waals surface area contributed by atoms with Gasteiger partial charge in [-0.25, -0.2) is 13.2 Å². The largest absolute Gasteiger partial charge is 0.490 e. The highest BCUT2D eigenvalue weighted by molar-refractivity contribution is 5.66. The summed E-state index contributed by atoms with van der Waals surface area (Å²) in [6.45, 7) is 5.93. The molecule has 0 unspecified atom stereocenters. The fraction of sp³-hybridized carbons (Fsp3) is 0.548. The molecule has 0 amide bonds. The summed E-state index contributed by atoms with van der Waals surface area (Å²) in [4.78, 5) is 0. The molecule has 0 spiro atoms. The zero-order valence-electron chi connectivity index (χ0n) is 21.3. The molecule has 0 saturated heterocycles. The molecule has 2 aromatic carbocycles. The molecule has 0 heterocycles. The maximum Gasteiger partial charge on any atom is 0.201 e. The Morgan fingerprint density at radius 2 is 1.36 bits per heavy atom. The molecule has 0 aromatic heterocycles. The van der Waals surface area contributed by atoms with Crippen LogP contribution in [0, 0.1) is 41.0 Å². The Labute approximate surface area is 212 Å². The number of hydrogen-bond acceptors (Lipinski definition) is 1. The van der Waals surface area contributed by atoms with E-state index in [1.54, 1.807) is 6.07 Å². The maximum atomic E-state index is 15.2. The van der Waals surface area contributed by atoms with Crippen LogP contribution in [-0.2, 0) is 0 Å². The van der Waals surface area contributed by atoms with E-state index >= 15 is 8.78 Å². The highest BCUT2D eigenvalue weighted by Gasteiger charge is 2.33. The molecular weight excluding hydrogens is 464 g/mol. The summed E-state index contributed by atoms with van der Waals surface area (Å²) < 4.78 is 64.6. The second-order valence-electron chi connectivity index (χ2n) is 10.7. The van der Waals surface area contributed by atoms with E-state index in [1.165, 1.54) is 50.3 Å². The minimum absolute atomic E-state index is 0.0415. The van der Waals surface area contributed by atoms with Gasteiger partial charge in [0.15, 0.2) is 23.2 Å². The number of halogens is 4. The van der Waals surface area contributed by atoms with Crippen molar-refractivity contribution in [2.24, 2.45) is 17.8 Å². The monoisotopic (exact) mass is 502 g/mol. The molecule has 36 heavy (non-hydrogen) atoms. The van der Waals surface area contributed by atoms with Crippen LogP contribution in [0.15, 0.2) is 36.9 Å². The van der Waals surface area contributed by atoms with Crippen LogP contribution in [0.3, 0.4) is 0 Å². The van der Waals surface area contributed by atoms with Gasteiger partial charge in [-0.15, -0.1) is 6.58 Å². The van der Waals surface area contributed by atoms with E-state index in [2.05, 4.69) is 6.58 Å². The number of rotatable bonds is 9. The predicted octanol–water partition coefficient (Wildman–Crippen LogP) is 9.75. The third kappa shape index (κ3) is 5.81. The van der Waals surface area contributed by atoms with Gasteiger partial charge in [0, 0.05) is 11.1 Å². The zero-order valence-corrected chi connectivity index (χ0v) is 21.3. The molecule has 1 nitrogen and oxygen atoms in total. The molecule has 0 bridgehead atoms. The van der Waals surface area contributed by atoms with Crippen LogP contribution in [0.2, 0.25) is 0 Å². The summed E-state index contributed by atoms with van der Waals surface area (Å²) in [5.74, 6) is -2.50. The standard InChI is InChI=1S/C31H38F4O/c1-3-5-6-20-7-9-21(10-8-20)22-11-13-23(14-12-22)24-15-16-25(29(33)28(24)32)26-17-18-27(36-19-4-2)31(35)30(26)34/h3,15-18,20-23H,1,4-14,19H2,2H3. The Morgan fingerprint density at radius 3 is 1.97 bits per heavy atom. The quantitative estimate of drug-likeness (QED) is 0.245. The zero-order chi connectivity index (χ0) is 25.7. The van der Waals surface area contributed by atoms with Crippen LogP contribution in [0.5, 0.6) is 5.75 Å². The number of allylic oxidation sites excluding steroid dienone is 1. The first-order valence-corrected chi connectivity index (χ1v) is 13.6. The van der Waals surface area contributed by atoms with Crippen LogP contribution >= 0.6 is 0 Å². The van der Waals surface area contributed by atoms with E-state index in [0.717, 1.165) is 43.9 Å². The van der Waals surface area contributed by atoms with Crippen molar-refractivity contribution in [2.75, 3.05) is 6.61 Å². The number of ether oxygens (including phenoxy) is 1. The van der Waals surface area contributed by atoms with Gasteiger partial charge in [-0.1, -0.05) is 38.0 Å². The first-order valence-electron chi connectivity index (χ1n) is 13.6. The summed E-state index contributed by atoms with van der Waals surface area (Å²) in [6.07, 6.45) is 13.9. The van der Waals surface area contributed by atoms with Gasteiger partial charge in [0.25, 0.3) is 0 Å². The van der Waals surface area contributed by atoms with Crippen molar-refractivity contribution in [3.05, 3.63) is 65.8 Å². The highest BCUT2D eigenvalue weighted by Crippen LogP contribution is 2.45. The minimum Gasteiger partial charge on any atom is -0.490 e. The second kappa shape index (κ2) is 12.3. The molecule has 0 N–H and O–H groups in total. The summed E-state index contributed by atoms with van der Waals surface area (Å²) in [5.41, 5.74) is -0.213. The molecule has 2 fully saturated rings. The van der Waals surface area contributed by atoms with Gasteiger partial charge < -0.3 is 4.74 Å². The highest BCUT2D eigenvalue weighted by atomic mass is 19.2. The maximum absolute atomic E-state index is 15.2. The van der Waals surface area contributed by atoms with Crippen molar-refractivity contribution >= 4 is 0 Å². The van der Waals surface area contributed by atoms with Crippen molar-refractivity contribution in [2.45, 2.75) is 83.5 Å². The predicted molar refractivity (Wildman–Crippen MR) is 137 cm³/mol. The summed E-state index contributed by atoms with van der Waals surface area (Å²) in [6, 6.07) is 5.46. The first kappa shape index (κ1) is 26.8.